The average Bonchev–Trinajstić information content (AvgIpc) is 3.14. The Labute approximate surface area is 187 Å². The van der Waals surface area contributed by atoms with Crippen LogP contribution in [0.5, 0.6) is 0 Å². The second-order valence-corrected chi connectivity index (χ2v) is 7.83. The summed E-state index contributed by atoms with van der Waals surface area (Å²) in [4.78, 5) is 26.6. The molecular weight excluding hydrogens is 406 g/mol. The number of aliphatic carboxylic acids is 1. The van der Waals surface area contributed by atoms with Crippen LogP contribution < -0.4 is 0 Å². The van der Waals surface area contributed by atoms with Gasteiger partial charge in [0.1, 0.15) is 6.61 Å². The van der Waals surface area contributed by atoms with Crippen molar-refractivity contribution < 1.29 is 24.2 Å². The molecule has 1 aliphatic carbocycles. The molecule has 0 saturated carbocycles. The normalized spacial score (nSPS) is 14.2. The minimum atomic E-state index is -1.71. The van der Waals surface area contributed by atoms with Crippen LogP contribution >= 0.6 is 0 Å². The molecule has 32 heavy (non-hydrogen) atoms. The van der Waals surface area contributed by atoms with Gasteiger partial charge in [-0.25, -0.2) is 9.59 Å². The Balaban J connectivity index is 1.60. The van der Waals surface area contributed by atoms with Crippen LogP contribution in [0.25, 0.3) is 11.1 Å². The monoisotopic (exact) mass is 431 g/mol. The lowest BCUT2D eigenvalue weighted by atomic mass is 9.89. The number of nitrogens with zero attached hydrogens (tertiary/aromatic N) is 1. The molecule has 0 radical (unpaired) electrons. The van der Waals surface area contributed by atoms with Crippen molar-refractivity contribution in [3.05, 3.63) is 95.6 Å². The number of hydrogen-bond donors (Lipinski definition) is 1. The van der Waals surface area contributed by atoms with Crippen molar-refractivity contribution in [2.45, 2.75) is 11.5 Å². The fraction of sp³-hybridized carbons (Fsp3) is 0.231. The zero-order chi connectivity index (χ0) is 22.7. The third-order valence-electron chi connectivity index (χ3n) is 6.14. The first-order valence-corrected chi connectivity index (χ1v) is 10.4. The number of fused-ring (bicyclic) bond motifs is 3. The number of benzene rings is 3. The molecule has 164 valence electrons. The topological polar surface area (TPSA) is 76.1 Å². The van der Waals surface area contributed by atoms with E-state index in [0.717, 1.165) is 27.2 Å². The summed E-state index contributed by atoms with van der Waals surface area (Å²) in [5.41, 5.74) is 3.16. The zero-order valence-electron chi connectivity index (χ0n) is 18.0. The van der Waals surface area contributed by atoms with Crippen LogP contribution in [-0.2, 0) is 19.8 Å². The molecule has 0 bridgehead atoms. The molecule has 4 rings (SSSR count). The smallest absolute Gasteiger partial charge is 0.410 e. The maximum absolute atomic E-state index is 13.1. The van der Waals surface area contributed by atoms with Crippen LogP contribution in [0.1, 0.15) is 22.6 Å². The number of methoxy groups -OCH3 is 1. The third-order valence-corrected chi connectivity index (χ3v) is 6.14. The van der Waals surface area contributed by atoms with E-state index in [1.807, 2.05) is 36.4 Å². The van der Waals surface area contributed by atoms with E-state index in [4.69, 9.17) is 9.47 Å². The van der Waals surface area contributed by atoms with Crippen LogP contribution in [0, 0.1) is 0 Å². The van der Waals surface area contributed by atoms with E-state index < -0.39 is 17.6 Å². The third kappa shape index (κ3) is 3.52. The first kappa shape index (κ1) is 21.6. The number of carboxylic acid groups (broad SMARTS) is 1. The number of carboxylic acids is 1. The van der Waals surface area contributed by atoms with Gasteiger partial charge in [0.2, 0.25) is 0 Å². The van der Waals surface area contributed by atoms with E-state index in [1.54, 1.807) is 30.3 Å². The van der Waals surface area contributed by atoms with E-state index >= 15 is 0 Å². The largest absolute Gasteiger partial charge is 0.479 e. The highest BCUT2D eigenvalue weighted by atomic mass is 16.6. The molecule has 1 atom stereocenters. The van der Waals surface area contributed by atoms with Gasteiger partial charge in [0.05, 0.1) is 6.61 Å². The summed E-state index contributed by atoms with van der Waals surface area (Å²) in [6.07, 6.45) is -0.727. The van der Waals surface area contributed by atoms with E-state index in [1.165, 1.54) is 14.2 Å². The molecule has 0 spiro atoms. The van der Waals surface area contributed by atoms with Crippen molar-refractivity contribution in [1.29, 1.82) is 0 Å². The molecule has 1 N–H and O–H groups in total. The molecule has 6 heteroatoms. The first-order valence-electron chi connectivity index (χ1n) is 10.4. The number of carbonyl (C=O) groups excluding carboxylic acids is 1. The van der Waals surface area contributed by atoms with Crippen molar-refractivity contribution in [2.75, 3.05) is 27.4 Å². The van der Waals surface area contributed by atoms with Gasteiger partial charge in [-0.3, -0.25) is 4.90 Å². The van der Waals surface area contributed by atoms with Gasteiger partial charge in [0, 0.05) is 20.1 Å². The minimum Gasteiger partial charge on any atom is -0.479 e. The number of hydrogen-bond acceptors (Lipinski definition) is 4. The molecule has 6 nitrogen and oxygen atoms in total. The van der Waals surface area contributed by atoms with Crippen molar-refractivity contribution >= 4 is 12.1 Å². The summed E-state index contributed by atoms with van der Waals surface area (Å²) in [6.45, 7) is -0.109. The van der Waals surface area contributed by atoms with Crippen molar-refractivity contribution in [3.8, 4) is 11.1 Å². The molecule has 1 amide bonds. The van der Waals surface area contributed by atoms with E-state index in [2.05, 4.69) is 12.1 Å². The second kappa shape index (κ2) is 8.85. The molecule has 0 aromatic heterocycles. The van der Waals surface area contributed by atoms with Crippen molar-refractivity contribution in [1.82, 2.24) is 4.90 Å². The highest BCUT2D eigenvalue weighted by Gasteiger charge is 2.48. The highest BCUT2D eigenvalue weighted by Crippen LogP contribution is 2.44. The van der Waals surface area contributed by atoms with E-state index in [9.17, 15) is 14.7 Å². The molecule has 3 aromatic carbocycles. The second-order valence-electron chi connectivity index (χ2n) is 7.83. The van der Waals surface area contributed by atoms with Crippen LogP contribution in [-0.4, -0.2) is 49.4 Å². The summed E-state index contributed by atoms with van der Waals surface area (Å²) in [5, 5.41) is 10.1. The number of rotatable bonds is 7. The summed E-state index contributed by atoms with van der Waals surface area (Å²) in [5.74, 6) is -1.31. The lowest BCUT2D eigenvalue weighted by Gasteiger charge is -2.37. The molecule has 3 aromatic rings. The molecular formula is C26H25NO5. The lowest BCUT2D eigenvalue weighted by molar-refractivity contribution is -0.154. The first-order chi connectivity index (χ1) is 15.5. The SMILES string of the molecule is COCC(C(=O)O)(c1ccccc1)N(C)C(=O)OCC1c2ccccc2-c2ccccc21. The van der Waals surface area contributed by atoms with Gasteiger partial charge >= 0.3 is 12.1 Å². The molecule has 0 saturated heterocycles. The lowest BCUT2D eigenvalue weighted by Crippen LogP contribution is -2.55. The van der Waals surface area contributed by atoms with Gasteiger partial charge in [-0.1, -0.05) is 78.9 Å². The van der Waals surface area contributed by atoms with Crippen LogP contribution in [0.15, 0.2) is 78.9 Å². The van der Waals surface area contributed by atoms with Gasteiger partial charge in [0.15, 0.2) is 5.54 Å². The van der Waals surface area contributed by atoms with Gasteiger partial charge in [0.25, 0.3) is 0 Å². The van der Waals surface area contributed by atoms with Crippen LogP contribution in [0.2, 0.25) is 0 Å². The number of carbonyl (C=O) groups is 2. The quantitative estimate of drug-likeness (QED) is 0.596. The Morgan fingerprint density at radius 3 is 1.97 bits per heavy atom. The maximum Gasteiger partial charge on any atom is 0.410 e. The standard InChI is InChI=1S/C26H25NO5/c1-27(26(17-31-2,24(28)29)18-10-4-3-5-11-18)25(30)32-16-23-21-14-8-6-12-19(21)20-13-7-9-15-22(20)23/h3-15,23H,16-17H2,1-2H3,(H,28,29). The van der Waals surface area contributed by atoms with Gasteiger partial charge in [-0.15, -0.1) is 0 Å². The zero-order valence-corrected chi connectivity index (χ0v) is 18.0. The predicted octanol–water partition coefficient (Wildman–Crippen LogP) is 4.49. The molecule has 1 unspecified atom stereocenters. The van der Waals surface area contributed by atoms with Crippen LogP contribution in [0.4, 0.5) is 4.79 Å². The summed E-state index contributed by atoms with van der Waals surface area (Å²) in [7, 11) is 2.84. The number of likely N-dealkylation sites (N-methyl/N-ethyl adjacent to an activating group) is 1. The highest BCUT2D eigenvalue weighted by molar-refractivity contribution is 5.86. The van der Waals surface area contributed by atoms with Crippen molar-refractivity contribution in [2.24, 2.45) is 0 Å². The Morgan fingerprint density at radius 1 is 0.906 bits per heavy atom. The minimum absolute atomic E-state index is 0.106. The number of amides is 1. The van der Waals surface area contributed by atoms with Gasteiger partial charge in [-0.2, -0.15) is 0 Å². The fourth-order valence-electron chi connectivity index (χ4n) is 4.47. The Hall–Kier alpha value is -3.64. The molecule has 1 aliphatic rings. The van der Waals surface area contributed by atoms with Crippen LogP contribution in [0.3, 0.4) is 0 Å². The fourth-order valence-corrected chi connectivity index (χ4v) is 4.47. The van der Waals surface area contributed by atoms with Gasteiger partial charge < -0.3 is 14.6 Å². The van der Waals surface area contributed by atoms with Crippen molar-refractivity contribution in [3.63, 3.8) is 0 Å². The Bertz CT molecular complexity index is 1080. The Morgan fingerprint density at radius 2 is 1.44 bits per heavy atom. The van der Waals surface area contributed by atoms with E-state index in [-0.39, 0.29) is 19.1 Å². The summed E-state index contributed by atoms with van der Waals surface area (Å²) < 4.78 is 10.9. The molecule has 0 aliphatic heterocycles. The predicted molar refractivity (Wildman–Crippen MR) is 120 cm³/mol. The maximum atomic E-state index is 13.1. The molecule has 0 fully saturated rings. The van der Waals surface area contributed by atoms with E-state index in [0.29, 0.717) is 5.56 Å². The molecule has 0 heterocycles. The Kier molecular flexibility index (Phi) is 5.97. The summed E-state index contributed by atoms with van der Waals surface area (Å²) in [6, 6.07) is 24.7. The number of ether oxygens (including phenoxy) is 2. The van der Waals surface area contributed by atoms with Gasteiger partial charge in [-0.05, 0) is 27.8 Å². The summed E-state index contributed by atoms with van der Waals surface area (Å²) >= 11 is 0. The average molecular weight is 431 g/mol.